The first-order valence-corrected chi connectivity index (χ1v) is 12.2. The van der Waals surface area contributed by atoms with Crippen LogP contribution in [0.15, 0.2) is 59.5 Å². The highest BCUT2D eigenvalue weighted by molar-refractivity contribution is 7.92. The number of sulfonamides is 1. The van der Waals surface area contributed by atoms with Crippen LogP contribution in [0.5, 0.6) is 0 Å². The van der Waals surface area contributed by atoms with Crippen LogP contribution in [0.4, 0.5) is 5.69 Å². The van der Waals surface area contributed by atoms with Crippen LogP contribution in [0.3, 0.4) is 0 Å². The lowest BCUT2D eigenvalue weighted by Crippen LogP contribution is -2.41. The van der Waals surface area contributed by atoms with Gasteiger partial charge in [0.05, 0.1) is 17.1 Å². The molecule has 0 fully saturated rings. The lowest BCUT2D eigenvalue weighted by molar-refractivity contribution is -0.119. The Bertz CT molecular complexity index is 1250. The average molecular weight is 493 g/mol. The lowest BCUT2D eigenvalue weighted by Gasteiger charge is -2.26. The van der Waals surface area contributed by atoms with Gasteiger partial charge in [0.2, 0.25) is 5.91 Å². The molecule has 0 radical (unpaired) electrons. The summed E-state index contributed by atoms with van der Waals surface area (Å²) < 4.78 is 27.9. The maximum absolute atomic E-state index is 13.4. The zero-order chi connectivity index (χ0) is 23.5. The SMILES string of the molecule is Cc1ccc(S(=O)(=O)N(CC(=O)NCc2ccc(C(=O)O)s2)c2cccc(Cl)c2C)cc1. The fraction of sp³-hybridized carbons (Fsp3) is 0.182. The predicted octanol–water partition coefficient (Wildman–Crippen LogP) is 4.23. The van der Waals surface area contributed by atoms with E-state index in [1.54, 1.807) is 43.3 Å². The number of hydrogen-bond donors (Lipinski definition) is 2. The van der Waals surface area contributed by atoms with Crippen LogP contribution in [-0.2, 0) is 21.4 Å². The van der Waals surface area contributed by atoms with Gasteiger partial charge >= 0.3 is 5.97 Å². The van der Waals surface area contributed by atoms with Crippen molar-refractivity contribution in [1.29, 1.82) is 0 Å². The third-order valence-electron chi connectivity index (χ3n) is 4.74. The summed E-state index contributed by atoms with van der Waals surface area (Å²) in [4.78, 5) is 24.6. The van der Waals surface area contributed by atoms with E-state index in [1.807, 2.05) is 6.92 Å². The highest BCUT2D eigenvalue weighted by Gasteiger charge is 2.28. The summed E-state index contributed by atoms with van der Waals surface area (Å²) in [6, 6.07) is 14.3. The largest absolute Gasteiger partial charge is 0.477 e. The Morgan fingerprint density at radius 2 is 1.75 bits per heavy atom. The summed E-state index contributed by atoms with van der Waals surface area (Å²) in [5, 5.41) is 12.1. The molecule has 0 atom stereocenters. The predicted molar refractivity (Wildman–Crippen MR) is 125 cm³/mol. The van der Waals surface area contributed by atoms with Crippen LogP contribution in [0.1, 0.15) is 25.7 Å². The van der Waals surface area contributed by atoms with E-state index in [1.165, 1.54) is 18.2 Å². The van der Waals surface area contributed by atoms with Crippen molar-refractivity contribution in [1.82, 2.24) is 5.32 Å². The van der Waals surface area contributed by atoms with Gasteiger partial charge in [-0.15, -0.1) is 11.3 Å². The van der Waals surface area contributed by atoms with Gasteiger partial charge in [0.15, 0.2) is 0 Å². The average Bonchev–Trinajstić information content (AvgIpc) is 3.22. The number of hydrogen-bond acceptors (Lipinski definition) is 5. The molecule has 2 aromatic carbocycles. The topological polar surface area (TPSA) is 104 Å². The number of thiophene rings is 1. The van der Waals surface area contributed by atoms with Gasteiger partial charge in [0.1, 0.15) is 11.4 Å². The third-order valence-corrected chi connectivity index (χ3v) is 7.99. The Kier molecular flexibility index (Phi) is 7.22. The Morgan fingerprint density at radius 3 is 2.38 bits per heavy atom. The molecular weight excluding hydrogens is 472 g/mol. The number of carboxylic acids is 1. The number of aromatic carboxylic acids is 1. The second-order valence-electron chi connectivity index (χ2n) is 7.06. The molecule has 168 valence electrons. The number of aryl methyl sites for hydroxylation is 1. The Hall–Kier alpha value is -2.88. The summed E-state index contributed by atoms with van der Waals surface area (Å²) in [7, 11) is -4.06. The molecule has 0 aliphatic heterocycles. The second kappa shape index (κ2) is 9.72. The summed E-state index contributed by atoms with van der Waals surface area (Å²) in [6.45, 7) is 3.16. The molecule has 0 aliphatic rings. The van der Waals surface area contributed by atoms with E-state index in [2.05, 4.69) is 5.32 Å². The van der Waals surface area contributed by atoms with Crippen LogP contribution < -0.4 is 9.62 Å². The first-order chi connectivity index (χ1) is 15.1. The molecule has 1 heterocycles. The number of benzene rings is 2. The zero-order valence-electron chi connectivity index (χ0n) is 17.3. The number of carbonyl (C=O) groups excluding carboxylic acids is 1. The van der Waals surface area contributed by atoms with Crippen LogP contribution in [0.2, 0.25) is 5.02 Å². The summed E-state index contributed by atoms with van der Waals surface area (Å²) in [5.41, 5.74) is 1.74. The maximum atomic E-state index is 13.4. The van der Waals surface area contributed by atoms with Crippen LogP contribution in [-0.4, -0.2) is 31.9 Å². The summed E-state index contributed by atoms with van der Waals surface area (Å²) in [6.07, 6.45) is 0. The smallest absolute Gasteiger partial charge is 0.345 e. The van der Waals surface area contributed by atoms with Crippen molar-refractivity contribution in [2.45, 2.75) is 25.3 Å². The van der Waals surface area contributed by atoms with Gasteiger partial charge in [-0.3, -0.25) is 9.10 Å². The Labute approximate surface area is 195 Å². The van der Waals surface area contributed by atoms with Crippen LogP contribution in [0, 0.1) is 13.8 Å². The van der Waals surface area contributed by atoms with Crippen molar-refractivity contribution in [3.05, 3.63) is 80.5 Å². The number of carboxylic acid groups (broad SMARTS) is 1. The molecule has 1 amide bonds. The summed E-state index contributed by atoms with van der Waals surface area (Å²) >= 11 is 7.25. The van der Waals surface area contributed by atoms with Gasteiger partial charge < -0.3 is 10.4 Å². The fourth-order valence-electron chi connectivity index (χ4n) is 2.96. The highest BCUT2D eigenvalue weighted by Crippen LogP contribution is 2.31. The molecule has 7 nitrogen and oxygen atoms in total. The number of halogens is 1. The van der Waals surface area contributed by atoms with Gasteiger partial charge in [0, 0.05) is 9.90 Å². The van der Waals surface area contributed by atoms with E-state index >= 15 is 0 Å². The van der Waals surface area contributed by atoms with E-state index in [0.29, 0.717) is 21.2 Å². The molecule has 0 saturated heterocycles. The minimum atomic E-state index is -4.06. The number of amides is 1. The van der Waals surface area contributed by atoms with Crippen LogP contribution in [0.25, 0.3) is 0 Å². The molecule has 3 aromatic rings. The van der Waals surface area contributed by atoms with Crippen LogP contribution >= 0.6 is 22.9 Å². The third kappa shape index (κ3) is 5.29. The standard InChI is InChI=1S/C22H21ClN2O5S2/c1-14-6-9-17(10-7-14)32(29,30)25(19-5-3-4-18(23)15(19)2)13-21(26)24-12-16-8-11-20(31-16)22(27)28/h3-11H,12-13H2,1-2H3,(H,24,26)(H,27,28). The van der Waals surface area contributed by atoms with E-state index in [-0.39, 0.29) is 16.3 Å². The van der Waals surface area contributed by atoms with Gasteiger partial charge in [-0.2, -0.15) is 0 Å². The van der Waals surface area contributed by atoms with E-state index in [4.69, 9.17) is 16.7 Å². The monoisotopic (exact) mass is 492 g/mol. The molecule has 1 aromatic heterocycles. The van der Waals surface area contributed by atoms with Gasteiger partial charge in [-0.05, 0) is 55.8 Å². The minimum Gasteiger partial charge on any atom is -0.477 e. The lowest BCUT2D eigenvalue weighted by atomic mass is 10.2. The van der Waals surface area contributed by atoms with Crippen molar-refractivity contribution < 1.29 is 23.1 Å². The molecule has 32 heavy (non-hydrogen) atoms. The fourth-order valence-corrected chi connectivity index (χ4v) is 5.40. The van der Waals surface area contributed by atoms with Crippen molar-refractivity contribution in [2.24, 2.45) is 0 Å². The van der Waals surface area contributed by atoms with Crippen molar-refractivity contribution >= 4 is 50.5 Å². The second-order valence-corrected chi connectivity index (χ2v) is 10.5. The molecule has 0 bridgehead atoms. The number of nitrogens with one attached hydrogen (secondary N) is 1. The first-order valence-electron chi connectivity index (χ1n) is 9.53. The Balaban J connectivity index is 1.88. The van der Waals surface area contributed by atoms with Crippen molar-refractivity contribution in [2.75, 3.05) is 10.8 Å². The first kappa shape index (κ1) is 23.8. The van der Waals surface area contributed by atoms with Gasteiger partial charge in [-0.1, -0.05) is 35.4 Å². The van der Waals surface area contributed by atoms with Gasteiger partial charge in [-0.25, -0.2) is 13.2 Å². The molecule has 10 heteroatoms. The molecular formula is C22H21ClN2O5S2. The maximum Gasteiger partial charge on any atom is 0.345 e. The molecule has 0 saturated carbocycles. The molecule has 3 rings (SSSR count). The van der Waals surface area contributed by atoms with E-state index in [9.17, 15) is 18.0 Å². The number of rotatable bonds is 8. The van der Waals surface area contributed by atoms with Gasteiger partial charge in [0.25, 0.3) is 10.0 Å². The Morgan fingerprint density at radius 1 is 1.06 bits per heavy atom. The molecule has 0 aliphatic carbocycles. The highest BCUT2D eigenvalue weighted by atomic mass is 35.5. The zero-order valence-corrected chi connectivity index (χ0v) is 19.7. The number of nitrogens with zero attached hydrogens (tertiary/aromatic N) is 1. The van der Waals surface area contributed by atoms with Crippen molar-refractivity contribution in [3.8, 4) is 0 Å². The summed E-state index contributed by atoms with van der Waals surface area (Å²) in [5.74, 6) is -1.58. The molecule has 2 N–H and O–H groups in total. The van der Waals surface area contributed by atoms with E-state index in [0.717, 1.165) is 21.2 Å². The van der Waals surface area contributed by atoms with Crippen molar-refractivity contribution in [3.63, 3.8) is 0 Å². The molecule has 0 unspecified atom stereocenters. The quantitative estimate of drug-likeness (QED) is 0.489. The number of carbonyl (C=O) groups is 2. The van der Waals surface area contributed by atoms with E-state index < -0.39 is 28.4 Å². The molecule has 0 spiro atoms. The normalized spacial score (nSPS) is 11.2. The number of anilines is 1. The minimum absolute atomic E-state index is 0.0552.